The van der Waals surface area contributed by atoms with Crippen LogP contribution in [0.4, 0.5) is 10.2 Å². The maximum atomic E-state index is 15.7. The smallest absolute Gasteiger partial charge is 0.337 e. The lowest BCUT2D eigenvalue weighted by Crippen LogP contribution is -2.31. The van der Waals surface area contributed by atoms with E-state index in [4.69, 9.17) is 38.8 Å². The largest absolute Gasteiger partial charge is 0.486 e. The molecule has 310 valence electrons. The van der Waals surface area contributed by atoms with Crippen LogP contribution in [0.15, 0.2) is 42.4 Å². The second-order valence-electron chi connectivity index (χ2n) is 16.9. The van der Waals surface area contributed by atoms with Crippen LogP contribution in [0.5, 0.6) is 11.8 Å². The highest BCUT2D eigenvalue weighted by Crippen LogP contribution is 2.49. The number of carbonyl (C=O) groups is 1. The molecule has 12 heteroatoms. The molecule has 1 unspecified atom stereocenters. The first-order chi connectivity index (χ1) is 28.2. The van der Waals surface area contributed by atoms with Gasteiger partial charge in [0.05, 0.1) is 37.8 Å². The van der Waals surface area contributed by atoms with Gasteiger partial charge in [-0.05, 0) is 92.2 Å². The summed E-state index contributed by atoms with van der Waals surface area (Å²) in [7, 11) is 1.38. The fraction of sp³-hybridized carbons (Fsp3) is 0.565. The molecule has 1 saturated carbocycles. The van der Waals surface area contributed by atoms with E-state index in [-0.39, 0.29) is 30.7 Å². The number of rotatable bonds is 14. The van der Waals surface area contributed by atoms with Gasteiger partial charge in [-0.25, -0.2) is 13.9 Å². The van der Waals surface area contributed by atoms with Crippen molar-refractivity contribution in [1.29, 1.82) is 0 Å². The van der Waals surface area contributed by atoms with Crippen LogP contribution in [-0.4, -0.2) is 71.3 Å². The zero-order valence-electron chi connectivity index (χ0n) is 34.7. The van der Waals surface area contributed by atoms with Gasteiger partial charge < -0.3 is 28.6 Å². The van der Waals surface area contributed by atoms with Gasteiger partial charge in [-0.15, -0.1) is 0 Å². The molecule has 0 amide bonds. The number of carbonyl (C=O) groups excluding carboxylic acids is 1. The molecule has 2 aromatic carbocycles. The molecule has 0 bridgehead atoms. The van der Waals surface area contributed by atoms with Crippen LogP contribution < -0.4 is 14.4 Å². The maximum Gasteiger partial charge on any atom is 0.337 e. The maximum absolute atomic E-state index is 15.7. The Hall–Kier alpha value is -4.55. The number of hydrogen-bond donors (Lipinski definition) is 0. The minimum atomic E-state index is -0.390. The van der Waals surface area contributed by atoms with Gasteiger partial charge in [-0.2, -0.15) is 15.1 Å². The third kappa shape index (κ3) is 8.73. The number of hydrogen-bond acceptors (Lipinski definition) is 10. The Morgan fingerprint density at radius 2 is 1.84 bits per heavy atom. The lowest BCUT2D eigenvalue weighted by atomic mass is 9.93. The molecule has 5 heterocycles. The van der Waals surface area contributed by atoms with Crippen LogP contribution in [0.1, 0.15) is 136 Å². The number of aromatic nitrogens is 4. The number of allylic oxidation sites excluding steroid dienone is 1. The molecule has 3 atom stereocenters. The Labute approximate surface area is 341 Å². The second-order valence-corrected chi connectivity index (χ2v) is 16.9. The highest BCUT2D eigenvalue weighted by atomic mass is 19.1. The number of ether oxygens (including phenoxy) is 5. The average molecular weight is 796 g/mol. The molecule has 4 fully saturated rings. The topological polar surface area (TPSA) is 110 Å². The second kappa shape index (κ2) is 17.7. The molecule has 0 spiro atoms. The van der Waals surface area contributed by atoms with Gasteiger partial charge in [0.2, 0.25) is 0 Å². The zero-order chi connectivity index (χ0) is 40.3. The average Bonchev–Trinajstić information content (AvgIpc) is 3.91. The van der Waals surface area contributed by atoms with E-state index in [1.54, 1.807) is 18.2 Å². The molecule has 4 aliphatic rings. The van der Waals surface area contributed by atoms with E-state index < -0.39 is 5.97 Å². The fourth-order valence-electron chi connectivity index (χ4n) is 8.72. The number of halogens is 1. The van der Waals surface area contributed by atoms with Crippen LogP contribution in [-0.2, 0) is 27.2 Å². The van der Waals surface area contributed by atoms with Crippen molar-refractivity contribution in [2.75, 3.05) is 38.4 Å². The molecule has 3 aliphatic heterocycles. The number of fused-ring (bicyclic) bond motifs is 1. The van der Waals surface area contributed by atoms with Gasteiger partial charge in [0.15, 0.2) is 6.23 Å². The normalized spacial score (nSPS) is 21.9. The highest BCUT2D eigenvalue weighted by molar-refractivity contribution is 5.96. The molecule has 58 heavy (non-hydrogen) atoms. The third-order valence-corrected chi connectivity index (χ3v) is 12.2. The quantitative estimate of drug-likeness (QED) is 0.115. The Morgan fingerprint density at radius 1 is 1.05 bits per heavy atom. The van der Waals surface area contributed by atoms with Crippen molar-refractivity contribution in [3.05, 3.63) is 75.9 Å². The monoisotopic (exact) mass is 795 g/mol. The summed E-state index contributed by atoms with van der Waals surface area (Å²) in [6.45, 7) is 11.3. The summed E-state index contributed by atoms with van der Waals surface area (Å²) >= 11 is 0. The van der Waals surface area contributed by atoms with Gasteiger partial charge in [-0.3, -0.25) is 0 Å². The Balaban J connectivity index is 1.31. The van der Waals surface area contributed by atoms with Crippen LogP contribution in [0, 0.1) is 11.8 Å². The standard InChI is InChI=1S/C46H58FN5O6/c1-6-34-21-29(4)26-51(34)44-38-23-36(31-14-15-31)37(22-33-25-48-52(41-9-7-8-18-56-41)40(33)24-39(47)28(2)3)43(57-27-30-10-12-32(13-11-30)45(53)54-5)42(38)49-46(50-44)58-35-16-19-55-20-17-35/h10-13,23-25,28-29,31,34-35,41H,6-9,14-22,26-27H2,1-5H3/b39-24+/t29-,34+,41?/m0/s1. The molecule has 2 aromatic heterocycles. The van der Waals surface area contributed by atoms with Crippen molar-refractivity contribution < 1.29 is 32.9 Å². The van der Waals surface area contributed by atoms with Crippen LogP contribution in [0.3, 0.4) is 0 Å². The summed E-state index contributed by atoms with van der Waals surface area (Å²) in [6.07, 6.45) is 12.3. The van der Waals surface area contributed by atoms with Crippen molar-refractivity contribution in [2.45, 2.75) is 123 Å². The number of anilines is 1. The number of esters is 1. The lowest BCUT2D eigenvalue weighted by molar-refractivity contribution is -0.0399. The summed E-state index contributed by atoms with van der Waals surface area (Å²) in [5.74, 6) is 1.54. The first-order valence-corrected chi connectivity index (χ1v) is 21.4. The predicted molar refractivity (Wildman–Crippen MR) is 221 cm³/mol. The van der Waals surface area contributed by atoms with Gasteiger partial charge in [0.25, 0.3) is 0 Å². The van der Waals surface area contributed by atoms with Gasteiger partial charge in [-0.1, -0.05) is 39.8 Å². The minimum Gasteiger partial charge on any atom is -0.486 e. The Kier molecular flexibility index (Phi) is 12.3. The molecule has 0 N–H and O–H groups in total. The van der Waals surface area contributed by atoms with E-state index in [1.807, 2.05) is 36.9 Å². The molecule has 0 radical (unpaired) electrons. The summed E-state index contributed by atoms with van der Waals surface area (Å²) in [4.78, 5) is 25.2. The third-order valence-electron chi connectivity index (χ3n) is 12.2. The van der Waals surface area contributed by atoms with Crippen molar-refractivity contribution in [2.24, 2.45) is 11.8 Å². The van der Waals surface area contributed by atoms with E-state index in [9.17, 15) is 4.79 Å². The first kappa shape index (κ1) is 40.2. The molecule has 1 aliphatic carbocycles. The number of benzene rings is 2. The van der Waals surface area contributed by atoms with E-state index in [0.717, 1.165) is 92.2 Å². The van der Waals surface area contributed by atoms with Gasteiger partial charge in [0, 0.05) is 60.9 Å². The Morgan fingerprint density at radius 3 is 2.53 bits per heavy atom. The lowest BCUT2D eigenvalue weighted by Gasteiger charge is -2.29. The molecule has 8 rings (SSSR count). The van der Waals surface area contributed by atoms with Gasteiger partial charge >= 0.3 is 12.0 Å². The summed E-state index contributed by atoms with van der Waals surface area (Å²) in [6, 6.07) is 10.3. The van der Waals surface area contributed by atoms with Crippen molar-refractivity contribution in [1.82, 2.24) is 19.7 Å². The zero-order valence-corrected chi connectivity index (χ0v) is 34.7. The van der Waals surface area contributed by atoms with Crippen LogP contribution in [0.25, 0.3) is 17.0 Å². The summed E-state index contributed by atoms with van der Waals surface area (Å²) in [5, 5.41) is 5.81. The van der Waals surface area contributed by atoms with E-state index in [1.165, 1.54) is 12.7 Å². The van der Waals surface area contributed by atoms with Crippen LogP contribution >= 0.6 is 0 Å². The molecule has 4 aromatic rings. The molecular formula is C46H58FN5O6. The minimum absolute atomic E-state index is 0.0560. The van der Waals surface area contributed by atoms with Crippen molar-refractivity contribution in [3.63, 3.8) is 0 Å². The molecular weight excluding hydrogens is 738 g/mol. The SMILES string of the molecule is CC[C@@H]1C[C@H](C)CN1c1nc(OC2CCOCC2)nc2c(OCc3ccc(C(=O)OC)cc3)c(Cc3cnn(C4CCCCO4)c3/C=C(/F)C(C)C)c(C3CC3)cc12. The predicted octanol–water partition coefficient (Wildman–Crippen LogP) is 9.51. The summed E-state index contributed by atoms with van der Waals surface area (Å²) < 4.78 is 48.0. The van der Waals surface area contributed by atoms with E-state index >= 15 is 4.39 Å². The number of nitrogens with zero attached hydrogens (tertiary/aromatic N) is 5. The van der Waals surface area contributed by atoms with Crippen LogP contribution in [0.2, 0.25) is 0 Å². The van der Waals surface area contributed by atoms with Gasteiger partial charge in [0.1, 0.15) is 35.6 Å². The first-order valence-electron chi connectivity index (χ1n) is 21.4. The molecule has 11 nitrogen and oxygen atoms in total. The highest BCUT2D eigenvalue weighted by Gasteiger charge is 2.36. The number of methoxy groups -OCH3 is 1. The van der Waals surface area contributed by atoms with E-state index in [0.29, 0.717) is 72.7 Å². The van der Waals surface area contributed by atoms with E-state index in [2.05, 4.69) is 24.8 Å². The fourth-order valence-corrected chi connectivity index (χ4v) is 8.72. The van der Waals surface area contributed by atoms with Crippen molar-refractivity contribution >= 4 is 28.8 Å². The van der Waals surface area contributed by atoms with Crippen molar-refractivity contribution in [3.8, 4) is 11.8 Å². The Bertz CT molecular complexity index is 2100. The molecule has 3 saturated heterocycles. The summed E-state index contributed by atoms with van der Waals surface area (Å²) in [5.41, 5.74) is 5.88.